The maximum atomic E-state index is 11.0. The van der Waals surface area contributed by atoms with E-state index in [4.69, 9.17) is 5.11 Å². The van der Waals surface area contributed by atoms with Crippen molar-refractivity contribution in [2.75, 3.05) is 6.61 Å². The highest BCUT2D eigenvalue weighted by Gasteiger charge is 2.17. The largest absolute Gasteiger partial charge is 0.481 e. The summed E-state index contributed by atoms with van der Waals surface area (Å²) in [7, 11) is 0. The zero-order valence-corrected chi connectivity index (χ0v) is 8.06. The minimum Gasteiger partial charge on any atom is -0.481 e. The number of hydrogen-bond acceptors (Lipinski definition) is 4. The Hall–Kier alpha value is -1.39. The predicted molar refractivity (Wildman–Crippen MR) is 47.7 cm³/mol. The summed E-state index contributed by atoms with van der Waals surface area (Å²) in [5.41, 5.74) is 0. The maximum absolute atomic E-state index is 11.0. The van der Waals surface area contributed by atoms with Crippen LogP contribution in [0.4, 0.5) is 0 Å². The lowest BCUT2D eigenvalue weighted by Crippen LogP contribution is -2.15. The normalized spacial score (nSPS) is 11.8. The van der Waals surface area contributed by atoms with Crippen LogP contribution in [0, 0.1) is 5.92 Å². The van der Waals surface area contributed by atoms with Gasteiger partial charge in [-0.1, -0.05) is 0 Å². The maximum Gasteiger partial charge on any atom is 0.306 e. The Morgan fingerprint density at radius 1 is 1.43 bits per heavy atom. The van der Waals surface area contributed by atoms with Gasteiger partial charge in [0.25, 0.3) is 0 Å². The molecule has 0 fully saturated rings. The smallest absolute Gasteiger partial charge is 0.306 e. The van der Waals surface area contributed by atoms with Gasteiger partial charge in [0.1, 0.15) is 6.29 Å². The molecule has 0 amide bonds. The van der Waals surface area contributed by atoms with Gasteiger partial charge in [-0.3, -0.25) is 9.59 Å². The fourth-order valence-corrected chi connectivity index (χ4v) is 1.08. The second-order valence-electron chi connectivity index (χ2n) is 2.88. The van der Waals surface area contributed by atoms with E-state index in [1.165, 1.54) is 0 Å². The average molecular weight is 202 g/mol. The van der Waals surface area contributed by atoms with Crippen LogP contribution in [0.3, 0.4) is 0 Å². The van der Waals surface area contributed by atoms with E-state index < -0.39 is 17.9 Å². The third-order valence-corrected chi connectivity index (χ3v) is 1.65. The number of carboxylic acid groups (broad SMARTS) is 1. The molecule has 0 spiro atoms. The van der Waals surface area contributed by atoms with Gasteiger partial charge in [-0.25, -0.2) is 0 Å². The molecule has 0 aliphatic carbocycles. The molecule has 0 bridgehead atoms. The van der Waals surface area contributed by atoms with Crippen LogP contribution >= 0.6 is 0 Å². The minimum absolute atomic E-state index is 0.0150. The molecule has 14 heavy (non-hydrogen) atoms. The molecule has 0 aromatic heterocycles. The summed E-state index contributed by atoms with van der Waals surface area (Å²) in [6.45, 7) is 1.93. The van der Waals surface area contributed by atoms with Crippen molar-refractivity contribution in [1.29, 1.82) is 0 Å². The molecule has 1 atom stereocenters. The Balaban J connectivity index is 4.00. The van der Waals surface area contributed by atoms with Crippen molar-refractivity contribution in [3.05, 3.63) is 0 Å². The van der Waals surface area contributed by atoms with E-state index in [2.05, 4.69) is 4.74 Å². The van der Waals surface area contributed by atoms with Crippen LogP contribution in [-0.4, -0.2) is 29.9 Å². The van der Waals surface area contributed by atoms with E-state index in [0.717, 1.165) is 0 Å². The van der Waals surface area contributed by atoms with Crippen LogP contribution < -0.4 is 0 Å². The molecule has 0 saturated carbocycles. The number of rotatable bonds is 7. The third kappa shape index (κ3) is 6.16. The highest BCUT2D eigenvalue weighted by atomic mass is 16.5. The van der Waals surface area contributed by atoms with Crippen molar-refractivity contribution in [2.45, 2.75) is 26.2 Å². The van der Waals surface area contributed by atoms with Gasteiger partial charge in [0, 0.05) is 19.3 Å². The highest BCUT2D eigenvalue weighted by molar-refractivity contribution is 5.73. The minimum atomic E-state index is -1.01. The van der Waals surface area contributed by atoms with Gasteiger partial charge in [-0.2, -0.15) is 0 Å². The number of ether oxygens (including phenoxy) is 1. The summed E-state index contributed by atoms with van der Waals surface area (Å²) in [5, 5.41) is 8.49. The molecular weight excluding hydrogens is 188 g/mol. The Kier molecular flexibility index (Phi) is 6.36. The van der Waals surface area contributed by atoms with Gasteiger partial charge in [-0.15, -0.1) is 0 Å². The Labute approximate surface area is 82.1 Å². The van der Waals surface area contributed by atoms with Gasteiger partial charge < -0.3 is 14.6 Å². The molecule has 0 aromatic carbocycles. The van der Waals surface area contributed by atoms with E-state index in [1.807, 2.05) is 0 Å². The van der Waals surface area contributed by atoms with Crippen LogP contribution in [0.15, 0.2) is 0 Å². The second kappa shape index (κ2) is 7.06. The first-order chi connectivity index (χ1) is 6.60. The molecule has 0 saturated heterocycles. The summed E-state index contributed by atoms with van der Waals surface area (Å²) in [6, 6.07) is 0. The molecule has 1 N–H and O–H groups in total. The van der Waals surface area contributed by atoms with Crippen LogP contribution in [0.1, 0.15) is 26.2 Å². The first-order valence-electron chi connectivity index (χ1n) is 4.41. The molecule has 0 aromatic rings. The Bertz CT molecular complexity index is 211. The van der Waals surface area contributed by atoms with Crippen LogP contribution in [0.2, 0.25) is 0 Å². The van der Waals surface area contributed by atoms with Crippen molar-refractivity contribution in [2.24, 2.45) is 5.92 Å². The molecule has 0 aliphatic heterocycles. The number of hydrogen-bond donors (Lipinski definition) is 1. The predicted octanol–water partition coefficient (Wildman–Crippen LogP) is 0.620. The molecule has 0 aliphatic rings. The summed E-state index contributed by atoms with van der Waals surface area (Å²) in [5.74, 6) is -1.93. The summed E-state index contributed by atoms with van der Waals surface area (Å²) in [4.78, 5) is 31.5. The van der Waals surface area contributed by atoms with Crippen LogP contribution in [0.25, 0.3) is 0 Å². The SMILES string of the molecule is CCOC(=O)CC(CC=O)CC(=O)O. The Morgan fingerprint density at radius 3 is 2.50 bits per heavy atom. The highest BCUT2D eigenvalue weighted by Crippen LogP contribution is 2.12. The topological polar surface area (TPSA) is 80.7 Å². The monoisotopic (exact) mass is 202 g/mol. The molecule has 1 unspecified atom stereocenters. The van der Waals surface area contributed by atoms with Crippen molar-refractivity contribution in [3.8, 4) is 0 Å². The summed E-state index contributed by atoms with van der Waals surface area (Å²) < 4.78 is 4.65. The molecule has 5 nitrogen and oxygen atoms in total. The van der Waals surface area contributed by atoms with Gasteiger partial charge in [0.15, 0.2) is 0 Å². The van der Waals surface area contributed by atoms with Gasteiger partial charge in [0.05, 0.1) is 6.61 Å². The van der Waals surface area contributed by atoms with E-state index in [9.17, 15) is 14.4 Å². The van der Waals surface area contributed by atoms with Crippen molar-refractivity contribution >= 4 is 18.2 Å². The molecular formula is C9H14O5. The molecule has 0 rings (SSSR count). The van der Waals surface area contributed by atoms with Crippen molar-refractivity contribution in [3.63, 3.8) is 0 Å². The molecule has 80 valence electrons. The molecule has 5 heteroatoms. The Morgan fingerprint density at radius 2 is 2.07 bits per heavy atom. The number of esters is 1. The van der Waals surface area contributed by atoms with E-state index in [0.29, 0.717) is 6.29 Å². The molecule has 0 radical (unpaired) electrons. The number of carbonyl (C=O) groups excluding carboxylic acids is 2. The van der Waals surface area contributed by atoms with Gasteiger partial charge in [-0.05, 0) is 12.8 Å². The van der Waals surface area contributed by atoms with Crippen LogP contribution in [0.5, 0.6) is 0 Å². The van der Waals surface area contributed by atoms with Crippen LogP contribution in [-0.2, 0) is 19.1 Å². The fourth-order valence-electron chi connectivity index (χ4n) is 1.08. The summed E-state index contributed by atoms with van der Waals surface area (Å²) >= 11 is 0. The molecule has 0 heterocycles. The standard InChI is InChI=1S/C9H14O5/c1-2-14-9(13)6-7(3-4-10)5-8(11)12/h4,7H,2-3,5-6H2,1H3,(H,11,12). The zero-order chi connectivity index (χ0) is 11.0. The third-order valence-electron chi connectivity index (χ3n) is 1.65. The summed E-state index contributed by atoms with van der Waals surface area (Å²) in [6.07, 6.45) is 0.494. The lowest BCUT2D eigenvalue weighted by Gasteiger charge is -2.09. The first kappa shape index (κ1) is 12.6. The quantitative estimate of drug-likeness (QED) is 0.483. The number of carbonyl (C=O) groups is 3. The van der Waals surface area contributed by atoms with Gasteiger partial charge >= 0.3 is 11.9 Å². The fraction of sp³-hybridized carbons (Fsp3) is 0.667. The zero-order valence-electron chi connectivity index (χ0n) is 8.06. The van der Waals surface area contributed by atoms with E-state index in [1.54, 1.807) is 6.92 Å². The lowest BCUT2D eigenvalue weighted by molar-refractivity contribution is -0.145. The average Bonchev–Trinajstić information content (AvgIpc) is 2.03. The lowest BCUT2D eigenvalue weighted by atomic mass is 9.98. The van der Waals surface area contributed by atoms with Crippen molar-refractivity contribution < 1.29 is 24.2 Å². The van der Waals surface area contributed by atoms with Gasteiger partial charge in [0.2, 0.25) is 0 Å². The first-order valence-corrected chi connectivity index (χ1v) is 4.41. The number of aldehydes is 1. The van der Waals surface area contributed by atoms with Crippen molar-refractivity contribution in [1.82, 2.24) is 0 Å². The van der Waals surface area contributed by atoms with E-state index >= 15 is 0 Å². The second-order valence-corrected chi connectivity index (χ2v) is 2.88. The number of aliphatic carboxylic acids is 1. The number of carboxylic acids is 1. The van der Waals surface area contributed by atoms with E-state index in [-0.39, 0.29) is 25.9 Å².